The van der Waals surface area contributed by atoms with Gasteiger partial charge in [-0.15, -0.1) is 0 Å². The van der Waals surface area contributed by atoms with Crippen LogP contribution in [0, 0.1) is 12.8 Å². The van der Waals surface area contributed by atoms with Crippen molar-refractivity contribution >= 4 is 5.91 Å². The topological polar surface area (TPSA) is 29.1 Å². The highest BCUT2D eigenvalue weighted by atomic mass is 16.1. The zero-order valence-corrected chi connectivity index (χ0v) is 10.6. The molecule has 1 aromatic carbocycles. The molecule has 2 heteroatoms. The summed E-state index contributed by atoms with van der Waals surface area (Å²) in [5.41, 5.74) is 1.80. The van der Waals surface area contributed by atoms with Crippen molar-refractivity contribution in [2.24, 2.45) is 5.92 Å². The van der Waals surface area contributed by atoms with Gasteiger partial charge in [0.2, 0.25) is 0 Å². The smallest absolute Gasteiger partial charge is 0.251 e. The molecule has 1 N–H and O–H groups in total. The second-order valence-corrected chi connectivity index (χ2v) is 4.82. The van der Waals surface area contributed by atoms with Crippen molar-refractivity contribution in [3.8, 4) is 0 Å². The van der Waals surface area contributed by atoms with Crippen LogP contribution in [0.15, 0.2) is 24.3 Å². The van der Waals surface area contributed by atoms with Gasteiger partial charge in [-0.1, -0.05) is 32.0 Å². The molecule has 0 bridgehead atoms. The van der Waals surface area contributed by atoms with Crippen molar-refractivity contribution in [3.05, 3.63) is 35.4 Å². The number of hydrogen-bond acceptors (Lipinski definition) is 1. The van der Waals surface area contributed by atoms with E-state index in [9.17, 15) is 4.79 Å². The first-order chi connectivity index (χ1) is 7.50. The summed E-state index contributed by atoms with van der Waals surface area (Å²) in [5, 5.41) is 3.03. The molecule has 0 aromatic heterocycles. The van der Waals surface area contributed by atoms with Crippen molar-refractivity contribution in [1.82, 2.24) is 5.32 Å². The second-order valence-electron chi connectivity index (χ2n) is 4.82. The zero-order chi connectivity index (χ0) is 12.1. The first-order valence-corrected chi connectivity index (χ1v) is 5.87. The molecule has 1 amide bonds. The van der Waals surface area contributed by atoms with Gasteiger partial charge >= 0.3 is 0 Å². The predicted molar refractivity (Wildman–Crippen MR) is 67.6 cm³/mol. The molecule has 0 unspecified atom stereocenters. The Hall–Kier alpha value is -1.31. The van der Waals surface area contributed by atoms with E-state index in [1.54, 1.807) is 0 Å². The normalized spacial score (nSPS) is 12.6. The average molecular weight is 219 g/mol. The Morgan fingerprint density at radius 2 is 1.88 bits per heavy atom. The minimum Gasteiger partial charge on any atom is -0.350 e. The molecule has 88 valence electrons. The number of amides is 1. The van der Waals surface area contributed by atoms with Crippen LogP contribution in [-0.2, 0) is 0 Å². The molecule has 2 nitrogen and oxygen atoms in total. The lowest BCUT2D eigenvalue weighted by atomic mass is 10.0. The van der Waals surface area contributed by atoms with Crippen molar-refractivity contribution in [2.45, 2.75) is 40.2 Å². The van der Waals surface area contributed by atoms with Crippen LogP contribution >= 0.6 is 0 Å². The molecule has 1 aromatic rings. The molecule has 16 heavy (non-hydrogen) atoms. The summed E-state index contributed by atoms with van der Waals surface area (Å²) in [6.07, 6.45) is 1.01. The minimum atomic E-state index is 0.0336. The highest BCUT2D eigenvalue weighted by molar-refractivity contribution is 5.95. The summed E-state index contributed by atoms with van der Waals surface area (Å²) in [6.45, 7) is 8.34. The molecule has 1 rings (SSSR count). The minimum absolute atomic E-state index is 0.0336. The summed E-state index contributed by atoms with van der Waals surface area (Å²) >= 11 is 0. The average Bonchev–Trinajstić information content (AvgIpc) is 2.16. The molecule has 0 fully saturated rings. The Morgan fingerprint density at radius 3 is 2.44 bits per heavy atom. The van der Waals surface area contributed by atoms with E-state index >= 15 is 0 Å². The van der Waals surface area contributed by atoms with Gasteiger partial charge < -0.3 is 5.32 Å². The van der Waals surface area contributed by atoms with Gasteiger partial charge in [-0.2, -0.15) is 0 Å². The van der Waals surface area contributed by atoms with Gasteiger partial charge in [-0.25, -0.2) is 0 Å². The Bertz CT molecular complexity index is 358. The molecule has 0 spiro atoms. The summed E-state index contributed by atoms with van der Waals surface area (Å²) in [6, 6.07) is 7.90. The predicted octanol–water partition coefficient (Wildman–Crippen LogP) is 3.16. The Kier molecular flexibility index (Phi) is 4.53. The first kappa shape index (κ1) is 12.8. The standard InChI is InChI=1S/C14H21NO/c1-10(2)9-12(4)15-14(16)13-8-6-5-7-11(13)3/h5-8,10,12H,9H2,1-4H3,(H,15,16)/t12-/m0/s1. The van der Waals surface area contributed by atoms with Crippen molar-refractivity contribution in [1.29, 1.82) is 0 Å². The van der Waals surface area contributed by atoms with Gasteiger partial charge in [0, 0.05) is 11.6 Å². The lowest BCUT2D eigenvalue weighted by Gasteiger charge is -2.16. The maximum absolute atomic E-state index is 11.9. The lowest BCUT2D eigenvalue weighted by Crippen LogP contribution is -2.33. The number of carbonyl (C=O) groups is 1. The van der Waals surface area contributed by atoms with Crippen LogP contribution < -0.4 is 5.32 Å². The maximum atomic E-state index is 11.9. The number of rotatable bonds is 4. The third kappa shape index (κ3) is 3.69. The second kappa shape index (κ2) is 5.69. The van der Waals surface area contributed by atoms with Crippen LogP contribution in [0.4, 0.5) is 0 Å². The highest BCUT2D eigenvalue weighted by Gasteiger charge is 2.12. The summed E-state index contributed by atoms with van der Waals surface area (Å²) < 4.78 is 0. The van der Waals surface area contributed by atoms with E-state index < -0.39 is 0 Å². The monoisotopic (exact) mass is 219 g/mol. The maximum Gasteiger partial charge on any atom is 0.251 e. The summed E-state index contributed by atoms with van der Waals surface area (Å²) in [7, 11) is 0. The number of carbonyl (C=O) groups excluding carboxylic acids is 1. The number of benzene rings is 1. The number of hydrogen-bond donors (Lipinski definition) is 1. The molecule has 1 atom stereocenters. The number of nitrogens with one attached hydrogen (secondary N) is 1. The molecule has 0 heterocycles. The van der Waals surface area contributed by atoms with Crippen LogP contribution in [0.25, 0.3) is 0 Å². The molecular weight excluding hydrogens is 198 g/mol. The van der Waals surface area contributed by atoms with Gasteiger partial charge in [-0.05, 0) is 37.8 Å². The third-order valence-electron chi connectivity index (χ3n) is 2.59. The van der Waals surface area contributed by atoms with Gasteiger partial charge in [0.05, 0.1) is 0 Å². The fourth-order valence-electron chi connectivity index (χ4n) is 1.90. The number of aryl methyl sites for hydroxylation is 1. The molecule has 0 aliphatic carbocycles. The Labute approximate surface area is 98.1 Å². The molecule has 0 saturated heterocycles. The first-order valence-electron chi connectivity index (χ1n) is 5.87. The van der Waals surface area contributed by atoms with E-state index in [4.69, 9.17) is 0 Å². The van der Waals surface area contributed by atoms with Gasteiger partial charge in [-0.3, -0.25) is 4.79 Å². The highest BCUT2D eigenvalue weighted by Crippen LogP contribution is 2.09. The third-order valence-corrected chi connectivity index (χ3v) is 2.59. The van der Waals surface area contributed by atoms with Gasteiger partial charge in [0.15, 0.2) is 0 Å². The molecule has 0 radical (unpaired) electrons. The summed E-state index contributed by atoms with van der Waals surface area (Å²) in [4.78, 5) is 11.9. The fraction of sp³-hybridized carbons (Fsp3) is 0.500. The SMILES string of the molecule is Cc1ccccc1C(=O)N[C@@H](C)CC(C)C. The van der Waals surface area contributed by atoms with E-state index in [-0.39, 0.29) is 11.9 Å². The Morgan fingerprint density at radius 1 is 1.25 bits per heavy atom. The van der Waals surface area contributed by atoms with Gasteiger partial charge in [0.1, 0.15) is 0 Å². The van der Waals surface area contributed by atoms with E-state index in [0.29, 0.717) is 5.92 Å². The van der Waals surface area contributed by atoms with Crippen molar-refractivity contribution in [3.63, 3.8) is 0 Å². The molecule has 0 saturated carbocycles. The van der Waals surface area contributed by atoms with Crippen LogP contribution in [0.1, 0.15) is 43.1 Å². The van der Waals surface area contributed by atoms with Crippen LogP contribution in [-0.4, -0.2) is 11.9 Å². The van der Waals surface area contributed by atoms with E-state index in [1.165, 1.54) is 0 Å². The quantitative estimate of drug-likeness (QED) is 0.828. The summed E-state index contributed by atoms with van der Waals surface area (Å²) in [5.74, 6) is 0.637. The molecule has 0 aliphatic heterocycles. The van der Waals surface area contributed by atoms with E-state index in [2.05, 4.69) is 26.1 Å². The van der Waals surface area contributed by atoms with E-state index in [0.717, 1.165) is 17.5 Å². The van der Waals surface area contributed by atoms with Crippen molar-refractivity contribution in [2.75, 3.05) is 0 Å². The molecular formula is C14H21NO. The van der Waals surface area contributed by atoms with Crippen LogP contribution in [0.2, 0.25) is 0 Å². The van der Waals surface area contributed by atoms with Crippen LogP contribution in [0.5, 0.6) is 0 Å². The Balaban J connectivity index is 2.63. The van der Waals surface area contributed by atoms with Crippen molar-refractivity contribution < 1.29 is 4.79 Å². The molecule has 0 aliphatic rings. The zero-order valence-electron chi connectivity index (χ0n) is 10.6. The van der Waals surface area contributed by atoms with E-state index in [1.807, 2.05) is 31.2 Å². The van der Waals surface area contributed by atoms with Gasteiger partial charge in [0.25, 0.3) is 5.91 Å². The fourth-order valence-corrected chi connectivity index (χ4v) is 1.90. The largest absolute Gasteiger partial charge is 0.350 e. The lowest BCUT2D eigenvalue weighted by molar-refractivity contribution is 0.0935. The van der Waals surface area contributed by atoms with Crippen LogP contribution in [0.3, 0.4) is 0 Å².